The number of nitrogens with one attached hydrogen (secondary N) is 1. The molecule has 0 aromatic carbocycles. The predicted octanol–water partition coefficient (Wildman–Crippen LogP) is 0.983. The molecule has 1 N–H and O–H groups in total. The summed E-state index contributed by atoms with van der Waals surface area (Å²) in [6.07, 6.45) is 5.88. The molecule has 0 spiro atoms. The summed E-state index contributed by atoms with van der Waals surface area (Å²) in [6.45, 7) is 5.73. The van der Waals surface area contributed by atoms with Gasteiger partial charge in [-0.15, -0.1) is 0 Å². The lowest BCUT2D eigenvalue weighted by Gasteiger charge is -2.24. The van der Waals surface area contributed by atoms with Crippen LogP contribution in [0, 0.1) is 0 Å². The van der Waals surface area contributed by atoms with Gasteiger partial charge in [0.25, 0.3) is 0 Å². The first-order valence-corrected chi connectivity index (χ1v) is 8.26. The van der Waals surface area contributed by atoms with E-state index in [1.165, 1.54) is 6.33 Å². The summed E-state index contributed by atoms with van der Waals surface area (Å²) < 4.78 is 1.72. The van der Waals surface area contributed by atoms with Gasteiger partial charge in [-0.25, -0.2) is 14.8 Å². The molecule has 2 aromatic heterocycles. The first-order valence-electron chi connectivity index (χ1n) is 8.26. The van der Waals surface area contributed by atoms with Crippen molar-refractivity contribution < 1.29 is 4.79 Å². The summed E-state index contributed by atoms with van der Waals surface area (Å²) in [6, 6.07) is 5.89. The zero-order chi connectivity index (χ0) is 16.8. The van der Waals surface area contributed by atoms with Crippen molar-refractivity contribution in [2.24, 2.45) is 0 Å². The van der Waals surface area contributed by atoms with Gasteiger partial charge >= 0.3 is 6.03 Å². The minimum atomic E-state index is -0.0227. The SMILES string of the molecule is C[C@@H](Cn1cncn1)NC(=O)N1CCCN(c2ccccn2)CC1. The molecule has 2 aromatic rings. The van der Waals surface area contributed by atoms with E-state index in [0.29, 0.717) is 13.1 Å². The van der Waals surface area contributed by atoms with E-state index in [4.69, 9.17) is 0 Å². The van der Waals surface area contributed by atoms with E-state index < -0.39 is 0 Å². The van der Waals surface area contributed by atoms with Crippen LogP contribution >= 0.6 is 0 Å². The van der Waals surface area contributed by atoms with Crippen molar-refractivity contribution in [3.8, 4) is 0 Å². The van der Waals surface area contributed by atoms with Crippen LogP contribution in [0.2, 0.25) is 0 Å². The van der Waals surface area contributed by atoms with Crippen molar-refractivity contribution in [3.05, 3.63) is 37.1 Å². The van der Waals surface area contributed by atoms with Crippen LogP contribution in [0.1, 0.15) is 13.3 Å². The number of anilines is 1. The van der Waals surface area contributed by atoms with Crippen molar-refractivity contribution in [3.63, 3.8) is 0 Å². The third kappa shape index (κ3) is 4.21. The minimum Gasteiger partial charge on any atom is -0.355 e. The van der Waals surface area contributed by atoms with Crippen LogP contribution in [0.25, 0.3) is 0 Å². The van der Waals surface area contributed by atoms with Gasteiger partial charge in [-0.05, 0) is 25.5 Å². The van der Waals surface area contributed by atoms with E-state index in [1.807, 2.05) is 30.0 Å². The summed E-state index contributed by atoms with van der Waals surface area (Å²) in [5.74, 6) is 0.972. The second-order valence-electron chi connectivity index (χ2n) is 5.98. The lowest BCUT2D eigenvalue weighted by atomic mass is 10.3. The summed E-state index contributed by atoms with van der Waals surface area (Å²) in [7, 11) is 0. The van der Waals surface area contributed by atoms with Crippen LogP contribution in [0.5, 0.6) is 0 Å². The van der Waals surface area contributed by atoms with E-state index in [1.54, 1.807) is 17.2 Å². The number of aromatic nitrogens is 4. The summed E-state index contributed by atoms with van der Waals surface area (Å²) in [5, 5.41) is 7.10. The van der Waals surface area contributed by atoms with Gasteiger partial charge in [0, 0.05) is 38.4 Å². The summed E-state index contributed by atoms with van der Waals surface area (Å²) in [5.41, 5.74) is 0. The second kappa shape index (κ2) is 7.76. The van der Waals surface area contributed by atoms with Crippen molar-refractivity contribution in [2.75, 3.05) is 31.1 Å². The molecule has 1 atom stereocenters. The number of amides is 2. The number of pyridine rings is 1. The highest BCUT2D eigenvalue weighted by Crippen LogP contribution is 2.12. The van der Waals surface area contributed by atoms with Gasteiger partial charge in [0.15, 0.2) is 0 Å². The monoisotopic (exact) mass is 329 g/mol. The van der Waals surface area contributed by atoms with Gasteiger partial charge in [0.1, 0.15) is 18.5 Å². The molecule has 24 heavy (non-hydrogen) atoms. The van der Waals surface area contributed by atoms with E-state index in [2.05, 4.69) is 25.3 Å². The van der Waals surface area contributed by atoms with E-state index in [0.717, 1.165) is 31.9 Å². The van der Waals surface area contributed by atoms with Crippen LogP contribution < -0.4 is 10.2 Å². The zero-order valence-corrected chi connectivity index (χ0v) is 13.9. The number of carbonyl (C=O) groups excluding carboxylic acids is 1. The fourth-order valence-corrected chi connectivity index (χ4v) is 2.85. The molecule has 3 rings (SSSR count). The van der Waals surface area contributed by atoms with Crippen molar-refractivity contribution in [1.29, 1.82) is 0 Å². The van der Waals surface area contributed by atoms with Gasteiger partial charge in [-0.1, -0.05) is 6.07 Å². The molecule has 1 fully saturated rings. The normalized spacial score (nSPS) is 16.5. The van der Waals surface area contributed by atoms with Crippen LogP contribution in [0.3, 0.4) is 0 Å². The van der Waals surface area contributed by atoms with Gasteiger partial charge in [0.2, 0.25) is 0 Å². The van der Waals surface area contributed by atoms with E-state index >= 15 is 0 Å². The zero-order valence-electron chi connectivity index (χ0n) is 13.9. The Kier molecular flexibility index (Phi) is 5.25. The topological polar surface area (TPSA) is 79.2 Å². The first-order chi connectivity index (χ1) is 11.7. The molecular weight excluding hydrogens is 306 g/mol. The number of urea groups is 1. The summed E-state index contributed by atoms with van der Waals surface area (Å²) >= 11 is 0. The second-order valence-corrected chi connectivity index (χ2v) is 5.98. The highest BCUT2D eigenvalue weighted by atomic mass is 16.2. The molecule has 2 amide bonds. The van der Waals surface area contributed by atoms with E-state index in [-0.39, 0.29) is 12.1 Å². The van der Waals surface area contributed by atoms with Crippen LogP contribution in [0.4, 0.5) is 10.6 Å². The molecule has 8 heteroatoms. The molecular formula is C16H23N7O. The molecule has 1 aliphatic rings. The lowest BCUT2D eigenvalue weighted by molar-refractivity contribution is 0.196. The molecule has 128 valence electrons. The Morgan fingerprint density at radius 2 is 2.21 bits per heavy atom. The Hall–Kier alpha value is -2.64. The molecule has 1 aliphatic heterocycles. The van der Waals surface area contributed by atoms with Crippen LogP contribution in [-0.4, -0.2) is 62.9 Å². The Balaban J connectivity index is 1.51. The van der Waals surface area contributed by atoms with Crippen molar-refractivity contribution in [1.82, 2.24) is 30.0 Å². The molecule has 0 radical (unpaired) electrons. The average Bonchev–Trinajstić information content (AvgIpc) is 2.96. The third-order valence-corrected chi connectivity index (χ3v) is 4.05. The van der Waals surface area contributed by atoms with Crippen molar-refractivity contribution in [2.45, 2.75) is 25.9 Å². The molecule has 3 heterocycles. The Morgan fingerprint density at radius 1 is 1.29 bits per heavy atom. The number of rotatable bonds is 4. The molecule has 0 unspecified atom stereocenters. The number of hydrogen-bond donors (Lipinski definition) is 1. The third-order valence-electron chi connectivity index (χ3n) is 4.05. The molecule has 8 nitrogen and oxygen atoms in total. The largest absolute Gasteiger partial charge is 0.355 e. The Morgan fingerprint density at radius 3 is 2.96 bits per heavy atom. The molecule has 0 bridgehead atoms. The molecule has 0 saturated carbocycles. The van der Waals surface area contributed by atoms with Crippen LogP contribution in [-0.2, 0) is 6.54 Å². The maximum Gasteiger partial charge on any atom is 0.317 e. The molecule has 0 aliphatic carbocycles. The van der Waals surface area contributed by atoms with Gasteiger partial charge < -0.3 is 15.1 Å². The Labute approximate surface area is 141 Å². The quantitative estimate of drug-likeness (QED) is 0.905. The number of hydrogen-bond acceptors (Lipinski definition) is 5. The fraction of sp³-hybridized carbons (Fsp3) is 0.500. The number of nitrogens with zero attached hydrogens (tertiary/aromatic N) is 6. The van der Waals surface area contributed by atoms with Gasteiger partial charge in [0.05, 0.1) is 6.54 Å². The van der Waals surface area contributed by atoms with Gasteiger partial charge in [-0.3, -0.25) is 4.68 Å². The first kappa shape index (κ1) is 16.2. The molecule has 1 saturated heterocycles. The number of carbonyl (C=O) groups is 1. The smallest absolute Gasteiger partial charge is 0.317 e. The highest BCUT2D eigenvalue weighted by molar-refractivity contribution is 5.74. The predicted molar refractivity (Wildman–Crippen MR) is 90.7 cm³/mol. The maximum atomic E-state index is 12.5. The minimum absolute atomic E-state index is 0.00524. The average molecular weight is 329 g/mol. The van der Waals surface area contributed by atoms with Crippen LogP contribution in [0.15, 0.2) is 37.1 Å². The standard InChI is InChI=1S/C16H23N7O/c1-14(11-23-13-17-12-19-23)20-16(24)22-8-4-7-21(9-10-22)15-5-2-3-6-18-15/h2-3,5-6,12-14H,4,7-11H2,1H3,(H,20,24)/t14-/m0/s1. The Bertz CT molecular complexity index is 631. The summed E-state index contributed by atoms with van der Waals surface area (Å²) in [4.78, 5) is 24.9. The maximum absolute atomic E-state index is 12.5. The highest BCUT2D eigenvalue weighted by Gasteiger charge is 2.20. The lowest BCUT2D eigenvalue weighted by Crippen LogP contribution is -2.46. The van der Waals surface area contributed by atoms with E-state index in [9.17, 15) is 4.79 Å². The van der Waals surface area contributed by atoms with Crippen molar-refractivity contribution >= 4 is 11.8 Å². The fourth-order valence-electron chi connectivity index (χ4n) is 2.85. The van der Waals surface area contributed by atoms with Gasteiger partial charge in [-0.2, -0.15) is 5.10 Å².